The van der Waals surface area contributed by atoms with Gasteiger partial charge >= 0.3 is 0 Å². The average Bonchev–Trinajstić information content (AvgIpc) is 2.54. The lowest BCUT2D eigenvalue weighted by molar-refractivity contribution is 0.317. The first-order chi connectivity index (χ1) is 11.4. The lowest BCUT2D eigenvalue weighted by Crippen LogP contribution is -2.18. The minimum Gasteiger partial charge on any atom is -0.493 e. The summed E-state index contributed by atoms with van der Waals surface area (Å²) in [5.74, 6) is 0.651. The van der Waals surface area contributed by atoms with Crippen LogP contribution >= 0.6 is 15.9 Å². The number of nitrogens with zero attached hydrogens (tertiary/aromatic N) is 1. The highest BCUT2D eigenvalue weighted by molar-refractivity contribution is 9.10. The molecular weight excluding hydrogens is 392 g/mol. The van der Waals surface area contributed by atoms with Crippen molar-refractivity contribution in [1.29, 1.82) is 0 Å². The van der Waals surface area contributed by atoms with E-state index in [9.17, 15) is 8.42 Å². The third-order valence-corrected chi connectivity index (χ3v) is 4.87. The maximum Gasteiger partial charge on any atom is 0.276 e. The summed E-state index contributed by atoms with van der Waals surface area (Å²) in [7, 11) is -3.69. The first-order valence-corrected chi connectivity index (χ1v) is 9.74. The molecule has 0 spiro atoms. The summed E-state index contributed by atoms with van der Waals surface area (Å²) in [5, 5.41) is 3.86. The van der Waals surface area contributed by atoms with E-state index < -0.39 is 10.0 Å². The van der Waals surface area contributed by atoms with Crippen LogP contribution in [0.1, 0.15) is 24.5 Å². The highest BCUT2D eigenvalue weighted by Crippen LogP contribution is 2.22. The molecule has 5 nitrogen and oxygen atoms in total. The average molecular weight is 411 g/mol. The number of benzene rings is 2. The van der Waals surface area contributed by atoms with Crippen LogP contribution in [0.3, 0.4) is 0 Å². The van der Waals surface area contributed by atoms with Crippen molar-refractivity contribution in [3.8, 4) is 5.75 Å². The lowest BCUT2D eigenvalue weighted by Gasteiger charge is -2.08. The molecule has 0 aliphatic carbocycles. The van der Waals surface area contributed by atoms with Crippen molar-refractivity contribution in [3.63, 3.8) is 0 Å². The molecule has 0 amide bonds. The monoisotopic (exact) mass is 410 g/mol. The molecule has 0 aliphatic heterocycles. The van der Waals surface area contributed by atoms with E-state index in [1.165, 1.54) is 6.21 Å². The maximum absolute atomic E-state index is 12.2. The van der Waals surface area contributed by atoms with Crippen molar-refractivity contribution in [2.24, 2.45) is 5.10 Å². The molecule has 0 fully saturated rings. The maximum atomic E-state index is 12.2. The molecule has 0 bridgehead atoms. The molecule has 24 heavy (non-hydrogen) atoms. The number of hydrogen-bond donors (Lipinski definition) is 1. The van der Waals surface area contributed by atoms with E-state index >= 15 is 0 Å². The summed E-state index contributed by atoms with van der Waals surface area (Å²) in [6.07, 6.45) is 2.31. The normalized spacial score (nSPS) is 11.6. The number of rotatable bonds is 7. The molecule has 0 heterocycles. The molecule has 1 N–H and O–H groups in total. The molecular formula is C17H19BrN2O3S. The summed E-state index contributed by atoms with van der Waals surface area (Å²) >= 11 is 3.38. The van der Waals surface area contributed by atoms with Gasteiger partial charge in [0.2, 0.25) is 0 Å². The zero-order valence-corrected chi connectivity index (χ0v) is 15.9. The Kier molecular flexibility index (Phi) is 6.39. The summed E-state index contributed by atoms with van der Waals surface area (Å²) in [4.78, 5) is 2.39. The van der Waals surface area contributed by atoms with Crippen molar-refractivity contribution >= 4 is 32.2 Å². The van der Waals surface area contributed by atoms with Crippen LogP contribution in [0, 0.1) is 6.92 Å². The predicted molar refractivity (Wildman–Crippen MR) is 99.0 cm³/mol. The Labute approximate surface area is 150 Å². The van der Waals surface area contributed by atoms with Crippen LogP contribution < -0.4 is 9.57 Å². The van der Waals surface area contributed by atoms with E-state index in [1.54, 1.807) is 24.3 Å². The van der Waals surface area contributed by atoms with Crippen molar-refractivity contribution in [2.45, 2.75) is 25.2 Å². The van der Waals surface area contributed by atoms with Crippen LogP contribution in [-0.4, -0.2) is 21.2 Å². The number of ether oxygens (including phenoxy) is 1. The second-order valence-electron chi connectivity index (χ2n) is 5.20. The highest BCUT2D eigenvalue weighted by atomic mass is 79.9. The topological polar surface area (TPSA) is 67.8 Å². The Morgan fingerprint density at radius 1 is 1.21 bits per heavy atom. The molecule has 2 aromatic carbocycles. The van der Waals surface area contributed by atoms with Gasteiger partial charge in [-0.05, 0) is 43.7 Å². The molecule has 0 saturated carbocycles. The Balaban J connectivity index is 2.16. The molecule has 0 aromatic heterocycles. The van der Waals surface area contributed by atoms with Gasteiger partial charge < -0.3 is 4.74 Å². The predicted octanol–water partition coefficient (Wildman–Crippen LogP) is 3.86. The molecule has 2 aromatic rings. The van der Waals surface area contributed by atoms with Gasteiger partial charge in [0.15, 0.2) is 0 Å². The van der Waals surface area contributed by atoms with Crippen molar-refractivity contribution in [1.82, 2.24) is 4.83 Å². The van der Waals surface area contributed by atoms with E-state index in [4.69, 9.17) is 4.74 Å². The van der Waals surface area contributed by atoms with Gasteiger partial charge in [0.05, 0.1) is 17.7 Å². The number of nitrogens with one attached hydrogen (secondary N) is 1. The van der Waals surface area contributed by atoms with Crippen LogP contribution in [0.4, 0.5) is 0 Å². The Morgan fingerprint density at radius 3 is 2.58 bits per heavy atom. The Morgan fingerprint density at radius 2 is 1.92 bits per heavy atom. The van der Waals surface area contributed by atoms with Crippen LogP contribution in [0.5, 0.6) is 5.75 Å². The smallest absolute Gasteiger partial charge is 0.276 e. The Hall–Kier alpha value is -1.86. The van der Waals surface area contributed by atoms with Crippen molar-refractivity contribution in [3.05, 3.63) is 58.1 Å². The summed E-state index contributed by atoms with van der Waals surface area (Å²) < 4.78 is 30.9. The van der Waals surface area contributed by atoms with Gasteiger partial charge in [-0.25, -0.2) is 4.83 Å². The quantitative estimate of drug-likeness (QED) is 0.556. The molecule has 0 atom stereocenters. The summed E-state index contributed by atoms with van der Waals surface area (Å²) in [6.45, 7) is 4.49. The first kappa shape index (κ1) is 18.5. The van der Waals surface area contributed by atoms with Crippen LogP contribution in [0.25, 0.3) is 0 Å². The van der Waals surface area contributed by atoms with Gasteiger partial charge in [-0.3, -0.25) is 0 Å². The number of hydrogen-bond acceptors (Lipinski definition) is 4. The van der Waals surface area contributed by atoms with Crippen LogP contribution in [0.15, 0.2) is 56.9 Å². The Bertz CT molecular complexity index is 818. The summed E-state index contributed by atoms with van der Waals surface area (Å²) in [5.41, 5.74) is 1.67. The zero-order chi connectivity index (χ0) is 17.6. The second kappa shape index (κ2) is 8.30. The first-order valence-electron chi connectivity index (χ1n) is 7.46. The van der Waals surface area contributed by atoms with E-state index in [-0.39, 0.29) is 4.90 Å². The highest BCUT2D eigenvalue weighted by Gasteiger charge is 2.12. The third kappa shape index (κ3) is 5.07. The van der Waals surface area contributed by atoms with Crippen LogP contribution in [0.2, 0.25) is 0 Å². The molecule has 128 valence electrons. The number of hydrazone groups is 1. The van der Waals surface area contributed by atoms with Gasteiger partial charge in [0, 0.05) is 10.0 Å². The SMILES string of the molecule is CCCOc1ccc(Br)cc1C=NNS(=O)(=O)c1ccc(C)cc1. The summed E-state index contributed by atoms with van der Waals surface area (Å²) in [6, 6.07) is 12.1. The lowest BCUT2D eigenvalue weighted by atomic mass is 10.2. The van der Waals surface area contributed by atoms with Crippen molar-refractivity contribution < 1.29 is 13.2 Å². The molecule has 0 saturated heterocycles. The van der Waals surface area contributed by atoms with Gasteiger partial charge in [-0.2, -0.15) is 13.5 Å². The molecule has 0 unspecified atom stereocenters. The van der Waals surface area contributed by atoms with Gasteiger partial charge in [0.25, 0.3) is 10.0 Å². The van der Waals surface area contributed by atoms with E-state index in [0.29, 0.717) is 17.9 Å². The third-order valence-electron chi connectivity index (χ3n) is 3.14. The van der Waals surface area contributed by atoms with Gasteiger partial charge in [-0.1, -0.05) is 40.5 Å². The van der Waals surface area contributed by atoms with E-state index in [0.717, 1.165) is 16.5 Å². The van der Waals surface area contributed by atoms with Gasteiger partial charge in [-0.15, -0.1) is 0 Å². The number of halogens is 1. The molecule has 0 aliphatic rings. The molecule has 0 radical (unpaired) electrons. The fourth-order valence-corrected chi connectivity index (χ4v) is 3.07. The minimum absolute atomic E-state index is 0.168. The minimum atomic E-state index is -3.69. The zero-order valence-electron chi connectivity index (χ0n) is 13.5. The largest absolute Gasteiger partial charge is 0.493 e. The van der Waals surface area contributed by atoms with Crippen LogP contribution in [-0.2, 0) is 10.0 Å². The molecule has 2 rings (SSSR count). The fourth-order valence-electron chi connectivity index (χ4n) is 1.90. The van der Waals surface area contributed by atoms with Gasteiger partial charge in [0.1, 0.15) is 5.75 Å². The van der Waals surface area contributed by atoms with E-state index in [1.807, 2.05) is 32.0 Å². The van der Waals surface area contributed by atoms with Crippen molar-refractivity contribution in [2.75, 3.05) is 6.61 Å². The number of aryl methyl sites for hydroxylation is 1. The standard InChI is InChI=1S/C17H19BrN2O3S/c1-3-10-23-17-9-6-15(18)11-14(17)12-19-20-24(21,22)16-7-4-13(2)5-8-16/h4-9,11-12,20H,3,10H2,1-2H3. The fraction of sp³-hybridized carbons (Fsp3) is 0.235. The number of sulfonamides is 1. The van der Waals surface area contributed by atoms with E-state index in [2.05, 4.69) is 25.9 Å². The second-order valence-corrected chi connectivity index (χ2v) is 7.77. The molecule has 7 heteroatoms.